The van der Waals surface area contributed by atoms with Crippen molar-refractivity contribution in [2.45, 2.75) is 45.6 Å². The molecule has 0 N–H and O–H groups in total. The highest BCUT2D eigenvalue weighted by Crippen LogP contribution is 2.31. The molecule has 3 nitrogen and oxygen atoms in total. The summed E-state index contributed by atoms with van der Waals surface area (Å²) in [5, 5.41) is 0. The van der Waals surface area contributed by atoms with Crippen molar-refractivity contribution in [2.75, 3.05) is 0 Å². The minimum atomic E-state index is -4.70. The van der Waals surface area contributed by atoms with Gasteiger partial charge in [-0.05, 0) is 48.2 Å². The molecule has 2 aromatic carbocycles. The van der Waals surface area contributed by atoms with Crippen molar-refractivity contribution in [2.24, 2.45) is 0 Å². The third kappa shape index (κ3) is 5.88. The van der Waals surface area contributed by atoms with Crippen LogP contribution in [0.15, 0.2) is 48.5 Å². The summed E-state index contributed by atoms with van der Waals surface area (Å²) >= 11 is 0. The molecular formula is C20H21F3O3. The number of ether oxygens (including phenoxy) is 2. The highest BCUT2D eigenvalue weighted by molar-refractivity contribution is 5.91. The Hall–Kier alpha value is -2.34. The van der Waals surface area contributed by atoms with Gasteiger partial charge in [0.1, 0.15) is 5.75 Å². The molecule has 0 aliphatic carbocycles. The Morgan fingerprint density at radius 1 is 1.00 bits per heavy atom. The number of aryl methyl sites for hydroxylation is 1. The van der Waals surface area contributed by atoms with E-state index in [1.165, 1.54) is 24.3 Å². The molecule has 0 radical (unpaired) electrons. The van der Waals surface area contributed by atoms with Gasteiger partial charge in [-0.3, -0.25) is 4.74 Å². The summed E-state index contributed by atoms with van der Waals surface area (Å²) in [6.45, 7) is 3.68. The normalized spacial score (nSPS) is 12.7. The SMILES string of the molecule is CCCc1ccc(C(=O)Oc2ccc(C(CC)OC(F)(F)F)cc2)cc1. The molecule has 0 aromatic heterocycles. The molecule has 1 unspecified atom stereocenters. The lowest BCUT2D eigenvalue weighted by molar-refractivity contribution is -0.345. The molecule has 26 heavy (non-hydrogen) atoms. The van der Waals surface area contributed by atoms with E-state index < -0.39 is 18.4 Å². The van der Waals surface area contributed by atoms with E-state index in [1.807, 2.05) is 12.1 Å². The Bertz CT molecular complexity index is 707. The summed E-state index contributed by atoms with van der Waals surface area (Å²) in [7, 11) is 0. The molecule has 1 atom stereocenters. The number of halogens is 3. The topological polar surface area (TPSA) is 35.5 Å². The van der Waals surface area contributed by atoms with Crippen LogP contribution in [0.3, 0.4) is 0 Å². The second kappa shape index (κ2) is 8.85. The number of hydrogen-bond acceptors (Lipinski definition) is 3. The van der Waals surface area contributed by atoms with Crippen molar-refractivity contribution in [1.29, 1.82) is 0 Å². The van der Waals surface area contributed by atoms with Crippen LogP contribution >= 0.6 is 0 Å². The molecule has 6 heteroatoms. The Morgan fingerprint density at radius 2 is 1.62 bits per heavy atom. The fourth-order valence-corrected chi connectivity index (χ4v) is 2.56. The zero-order valence-corrected chi connectivity index (χ0v) is 14.7. The maximum Gasteiger partial charge on any atom is 0.523 e. The monoisotopic (exact) mass is 366 g/mol. The van der Waals surface area contributed by atoms with Crippen molar-refractivity contribution in [3.63, 3.8) is 0 Å². The van der Waals surface area contributed by atoms with Crippen molar-refractivity contribution < 1.29 is 27.4 Å². The first-order valence-corrected chi connectivity index (χ1v) is 8.48. The molecule has 0 fully saturated rings. The quantitative estimate of drug-likeness (QED) is 0.456. The molecule has 0 aliphatic heterocycles. The van der Waals surface area contributed by atoms with Crippen LogP contribution in [-0.2, 0) is 11.2 Å². The number of hydrogen-bond donors (Lipinski definition) is 0. The van der Waals surface area contributed by atoms with Crippen LogP contribution in [0.4, 0.5) is 13.2 Å². The lowest BCUT2D eigenvalue weighted by Crippen LogP contribution is -2.17. The minimum absolute atomic E-state index is 0.169. The zero-order valence-electron chi connectivity index (χ0n) is 14.7. The molecule has 0 amide bonds. The van der Waals surface area contributed by atoms with Gasteiger partial charge in [-0.25, -0.2) is 4.79 Å². The predicted molar refractivity (Wildman–Crippen MR) is 92.0 cm³/mol. The Labute approximate surface area is 150 Å². The van der Waals surface area contributed by atoms with Gasteiger partial charge in [0, 0.05) is 0 Å². The Balaban J connectivity index is 2.02. The number of carbonyl (C=O) groups is 1. The molecule has 2 aromatic rings. The van der Waals surface area contributed by atoms with Crippen LogP contribution in [0, 0.1) is 0 Å². The van der Waals surface area contributed by atoms with Crippen LogP contribution in [-0.4, -0.2) is 12.3 Å². The maximum atomic E-state index is 12.4. The molecule has 0 saturated heterocycles. The summed E-state index contributed by atoms with van der Waals surface area (Å²) in [4.78, 5) is 12.2. The summed E-state index contributed by atoms with van der Waals surface area (Å²) in [5.74, 6) is -0.252. The van der Waals surface area contributed by atoms with Crippen LogP contribution in [0.1, 0.15) is 54.3 Å². The summed E-state index contributed by atoms with van der Waals surface area (Å²) in [5.41, 5.74) is 1.93. The van der Waals surface area contributed by atoms with E-state index in [0.29, 0.717) is 11.1 Å². The Kier molecular flexibility index (Phi) is 6.80. The number of rotatable bonds is 7. The van der Waals surface area contributed by atoms with Gasteiger partial charge in [0.2, 0.25) is 0 Å². The van der Waals surface area contributed by atoms with Gasteiger partial charge in [0.05, 0.1) is 11.7 Å². The van der Waals surface area contributed by atoms with E-state index in [1.54, 1.807) is 19.1 Å². The molecule has 0 spiro atoms. The number of benzene rings is 2. The van der Waals surface area contributed by atoms with Crippen LogP contribution in [0.5, 0.6) is 5.75 Å². The molecular weight excluding hydrogens is 345 g/mol. The fraction of sp³-hybridized carbons (Fsp3) is 0.350. The van der Waals surface area contributed by atoms with Crippen LogP contribution in [0.2, 0.25) is 0 Å². The zero-order chi connectivity index (χ0) is 19.2. The summed E-state index contributed by atoms with van der Waals surface area (Å²) in [6.07, 6.45) is -3.66. The van der Waals surface area contributed by atoms with Gasteiger partial charge in [0.25, 0.3) is 0 Å². The maximum absolute atomic E-state index is 12.4. The minimum Gasteiger partial charge on any atom is -0.423 e. The molecule has 2 rings (SSSR count). The van der Waals surface area contributed by atoms with Gasteiger partial charge >= 0.3 is 12.3 Å². The van der Waals surface area contributed by atoms with E-state index >= 15 is 0 Å². The highest BCUT2D eigenvalue weighted by Gasteiger charge is 2.33. The lowest BCUT2D eigenvalue weighted by Gasteiger charge is -2.18. The predicted octanol–water partition coefficient (Wildman–Crippen LogP) is 5.85. The molecule has 0 saturated carbocycles. The second-order valence-corrected chi connectivity index (χ2v) is 5.87. The Morgan fingerprint density at radius 3 is 2.12 bits per heavy atom. The van der Waals surface area contributed by atoms with Crippen molar-refractivity contribution in [3.05, 3.63) is 65.2 Å². The summed E-state index contributed by atoms with van der Waals surface area (Å²) in [6, 6.07) is 13.0. The van der Waals surface area contributed by atoms with Crippen LogP contribution in [0.25, 0.3) is 0 Å². The number of esters is 1. The van der Waals surface area contributed by atoms with Gasteiger partial charge in [-0.1, -0.05) is 44.5 Å². The van der Waals surface area contributed by atoms with Crippen molar-refractivity contribution in [3.8, 4) is 5.75 Å². The molecule has 0 heterocycles. The number of alkyl halides is 3. The van der Waals surface area contributed by atoms with Gasteiger partial charge in [0.15, 0.2) is 0 Å². The van der Waals surface area contributed by atoms with E-state index in [-0.39, 0.29) is 12.2 Å². The standard InChI is InChI=1S/C20H21F3O3/c1-3-5-14-6-8-16(9-7-14)19(24)25-17-12-10-15(11-13-17)18(4-2)26-20(21,22)23/h6-13,18H,3-5H2,1-2H3. The van der Waals surface area contributed by atoms with E-state index in [0.717, 1.165) is 18.4 Å². The van der Waals surface area contributed by atoms with E-state index in [4.69, 9.17) is 4.74 Å². The van der Waals surface area contributed by atoms with Crippen molar-refractivity contribution in [1.82, 2.24) is 0 Å². The average molecular weight is 366 g/mol. The third-order valence-corrected chi connectivity index (χ3v) is 3.84. The molecule has 140 valence electrons. The highest BCUT2D eigenvalue weighted by atomic mass is 19.4. The number of carbonyl (C=O) groups excluding carboxylic acids is 1. The second-order valence-electron chi connectivity index (χ2n) is 5.87. The summed E-state index contributed by atoms with van der Waals surface area (Å²) < 4.78 is 46.6. The van der Waals surface area contributed by atoms with Gasteiger partial charge in [-0.2, -0.15) is 0 Å². The first kappa shape index (κ1) is 20.0. The first-order valence-electron chi connectivity index (χ1n) is 8.48. The molecule has 0 aliphatic rings. The average Bonchev–Trinajstić information content (AvgIpc) is 2.60. The lowest BCUT2D eigenvalue weighted by atomic mass is 10.1. The van der Waals surface area contributed by atoms with Crippen molar-refractivity contribution >= 4 is 5.97 Å². The van der Waals surface area contributed by atoms with Crippen LogP contribution < -0.4 is 4.74 Å². The van der Waals surface area contributed by atoms with Gasteiger partial charge < -0.3 is 4.74 Å². The smallest absolute Gasteiger partial charge is 0.423 e. The third-order valence-electron chi connectivity index (χ3n) is 3.84. The van der Waals surface area contributed by atoms with Gasteiger partial charge in [-0.15, -0.1) is 13.2 Å². The largest absolute Gasteiger partial charge is 0.523 e. The van der Waals surface area contributed by atoms with E-state index in [2.05, 4.69) is 11.7 Å². The van der Waals surface area contributed by atoms with E-state index in [9.17, 15) is 18.0 Å². The fourth-order valence-electron chi connectivity index (χ4n) is 2.56. The molecule has 0 bridgehead atoms. The first-order chi connectivity index (χ1) is 12.3.